The minimum atomic E-state index is -0.149. The molecule has 0 saturated heterocycles. The molecule has 1 rings (SSSR count). The van der Waals surface area contributed by atoms with Gasteiger partial charge in [0.05, 0.1) is 6.61 Å². The normalized spacial score (nSPS) is 10.3. The van der Waals surface area contributed by atoms with Crippen LogP contribution in [0.15, 0.2) is 0 Å². The summed E-state index contributed by atoms with van der Waals surface area (Å²) in [5, 5.41) is 7.94. The lowest BCUT2D eigenvalue weighted by molar-refractivity contribution is 0.0705. The Morgan fingerprint density at radius 2 is 2.33 bits per heavy atom. The lowest BCUT2D eigenvalue weighted by atomic mass is 10.4. The first-order chi connectivity index (χ1) is 7.19. The monoisotopic (exact) mass is 230 g/mol. The van der Waals surface area contributed by atoms with E-state index in [2.05, 4.69) is 10.2 Å². The summed E-state index contributed by atoms with van der Waals surface area (Å²) in [5.74, 6) is -0.149. The number of methoxy groups -OCH3 is 1. The number of amides is 1. The number of anilines is 1. The summed E-state index contributed by atoms with van der Waals surface area (Å²) >= 11 is 1.10. The molecule has 1 heterocycles. The lowest BCUT2D eigenvalue weighted by Crippen LogP contribution is -2.33. The van der Waals surface area contributed by atoms with Crippen LogP contribution in [0.5, 0.6) is 0 Å². The summed E-state index contributed by atoms with van der Waals surface area (Å²) in [5.41, 5.74) is 5.41. The van der Waals surface area contributed by atoms with Crippen molar-refractivity contribution in [3.63, 3.8) is 0 Å². The van der Waals surface area contributed by atoms with Crippen LogP contribution in [0.4, 0.5) is 5.13 Å². The summed E-state index contributed by atoms with van der Waals surface area (Å²) < 4.78 is 4.91. The van der Waals surface area contributed by atoms with Crippen LogP contribution in [0.1, 0.15) is 16.7 Å². The maximum absolute atomic E-state index is 11.8. The van der Waals surface area contributed by atoms with E-state index in [1.807, 2.05) is 6.92 Å². The van der Waals surface area contributed by atoms with Crippen molar-refractivity contribution in [2.75, 3.05) is 32.5 Å². The van der Waals surface area contributed by atoms with Crippen molar-refractivity contribution in [3.8, 4) is 0 Å². The minimum absolute atomic E-state index is 0.149. The minimum Gasteiger partial charge on any atom is -0.383 e. The Kier molecular flexibility index (Phi) is 4.44. The molecular weight excluding hydrogens is 216 g/mol. The van der Waals surface area contributed by atoms with Gasteiger partial charge in [0.25, 0.3) is 5.91 Å². The van der Waals surface area contributed by atoms with Gasteiger partial charge in [-0.15, -0.1) is 10.2 Å². The highest BCUT2D eigenvalue weighted by molar-refractivity contribution is 7.16. The first kappa shape index (κ1) is 11.9. The van der Waals surface area contributed by atoms with Gasteiger partial charge in [0.15, 0.2) is 0 Å². The molecule has 0 fully saturated rings. The van der Waals surface area contributed by atoms with Crippen LogP contribution in [0.2, 0.25) is 0 Å². The number of nitrogens with zero attached hydrogens (tertiary/aromatic N) is 3. The smallest absolute Gasteiger partial charge is 0.284 e. The Morgan fingerprint density at radius 3 is 2.80 bits per heavy atom. The van der Waals surface area contributed by atoms with Gasteiger partial charge in [0.2, 0.25) is 10.1 Å². The molecule has 0 aromatic carbocycles. The zero-order valence-electron chi connectivity index (χ0n) is 8.77. The van der Waals surface area contributed by atoms with Gasteiger partial charge in [0.1, 0.15) is 0 Å². The van der Waals surface area contributed by atoms with Crippen LogP contribution >= 0.6 is 11.3 Å². The SMILES string of the molecule is CCN(CCOC)C(=O)c1nnc(N)s1. The van der Waals surface area contributed by atoms with Gasteiger partial charge in [-0.2, -0.15) is 0 Å². The molecule has 0 atom stereocenters. The molecule has 0 aliphatic heterocycles. The van der Waals surface area contributed by atoms with Crippen molar-refractivity contribution in [2.24, 2.45) is 0 Å². The molecule has 84 valence electrons. The zero-order valence-corrected chi connectivity index (χ0v) is 9.58. The van der Waals surface area contributed by atoms with Gasteiger partial charge >= 0.3 is 0 Å². The molecule has 0 unspecified atom stereocenters. The fourth-order valence-corrected chi connectivity index (χ4v) is 1.64. The largest absolute Gasteiger partial charge is 0.383 e. The van der Waals surface area contributed by atoms with Crippen molar-refractivity contribution in [1.82, 2.24) is 15.1 Å². The number of nitrogens with two attached hydrogens (primary N) is 1. The van der Waals surface area contributed by atoms with Crippen molar-refractivity contribution in [3.05, 3.63) is 5.01 Å². The van der Waals surface area contributed by atoms with Gasteiger partial charge in [-0.3, -0.25) is 4.79 Å². The highest BCUT2D eigenvalue weighted by Gasteiger charge is 2.17. The fourth-order valence-electron chi connectivity index (χ4n) is 1.06. The van der Waals surface area contributed by atoms with E-state index in [9.17, 15) is 4.79 Å². The third-order valence-electron chi connectivity index (χ3n) is 1.86. The molecule has 0 radical (unpaired) electrons. The summed E-state index contributed by atoms with van der Waals surface area (Å²) in [4.78, 5) is 13.5. The van der Waals surface area contributed by atoms with Gasteiger partial charge in [-0.05, 0) is 6.92 Å². The average Bonchev–Trinajstić information content (AvgIpc) is 2.65. The molecule has 0 spiro atoms. The second-order valence-electron chi connectivity index (χ2n) is 2.82. The first-order valence-corrected chi connectivity index (χ1v) is 5.37. The van der Waals surface area contributed by atoms with Crippen LogP contribution in [0, 0.1) is 0 Å². The molecule has 2 N–H and O–H groups in total. The molecule has 6 nitrogen and oxygen atoms in total. The molecule has 0 aliphatic carbocycles. The predicted octanol–water partition coefficient (Wildman–Crippen LogP) is 0.229. The molecule has 0 saturated carbocycles. The molecule has 15 heavy (non-hydrogen) atoms. The molecule has 1 aromatic rings. The van der Waals surface area contributed by atoms with E-state index in [-0.39, 0.29) is 5.91 Å². The predicted molar refractivity (Wildman–Crippen MR) is 57.8 cm³/mol. The third kappa shape index (κ3) is 3.14. The number of carbonyl (C=O) groups excluding carboxylic acids is 1. The standard InChI is InChI=1S/C8H14N4O2S/c1-3-12(4-5-14-2)7(13)6-10-11-8(9)15-6/h3-5H2,1-2H3,(H2,9,11). The number of carbonyl (C=O) groups is 1. The molecule has 1 aromatic heterocycles. The fraction of sp³-hybridized carbons (Fsp3) is 0.625. The Hall–Kier alpha value is -1.21. The van der Waals surface area contributed by atoms with Gasteiger partial charge in [0, 0.05) is 20.2 Å². The number of rotatable bonds is 5. The number of likely N-dealkylation sites (N-methyl/N-ethyl adjacent to an activating group) is 1. The van der Waals surface area contributed by atoms with Gasteiger partial charge in [-0.1, -0.05) is 11.3 Å². The van der Waals surface area contributed by atoms with E-state index in [1.54, 1.807) is 12.0 Å². The Labute approximate surface area is 92.0 Å². The number of nitrogen functional groups attached to an aromatic ring is 1. The zero-order chi connectivity index (χ0) is 11.3. The number of ether oxygens (including phenoxy) is 1. The summed E-state index contributed by atoms with van der Waals surface area (Å²) in [6.45, 7) is 3.57. The first-order valence-electron chi connectivity index (χ1n) is 4.56. The van der Waals surface area contributed by atoms with E-state index < -0.39 is 0 Å². The van der Waals surface area contributed by atoms with Crippen molar-refractivity contribution in [1.29, 1.82) is 0 Å². The molecule has 1 amide bonds. The summed E-state index contributed by atoms with van der Waals surface area (Å²) in [6.07, 6.45) is 0. The molecule has 0 bridgehead atoms. The highest BCUT2D eigenvalue weighted by Crippen LogP contribution is 2.13. The van der Waals surface area contributed by atoms with Gasteiger partial charge in [-0.25, -0.2) is 0 Å². The van der Waals surface area contributed by atoms with Crippen LogP contribution in [-0.4, -0.2) is 47.8 Å². The van der Waals surface area contributed by atoms with E-state index >= 15 is 0 Å². The highest BCUT2D eigenvalue weighted by atomic mass is 32.1. The van der Waals surface area contributed by atoms with Crippen LogP contribution < -0.4 is 5.73 Å². The Morgan fingerprint density at radius 1 is 1.60 bits per heavy atom. The maximum atomic E-state index is 11.8. The molecular formula is C8H14N4O2S. The molecule has 0 aliphatic rings. The number of aromatic nitrogens is 2. The summed E-state index contributed by atoms with van der Waals surface area (Å²) in [7, 11) is 1.60. The Balaban J connectivity index is 2.64. The van der Waals surface area contributed by atoms with E-state index in [4.69, 9.17) is 10.5 Å². The van der Waals surface area contributed by atoms with E-state index in [0.29, 0.717) is 29.8 Å². The van der Waals surface area contributed by atoms with Crippen LogP contribution in [-0.2, 0) is 4.74 Å². The van der Waals surface area contributed by atoms with Crippen LogP contribution in [0.25, 0.3) is 0 Å². The topological polar surface area (TPSA) is 81.3 Å². The van der Waals surface area contributed by atoms with Crippen molar-refractivity contribution in [2.45, 2.75) is 6.92 Å². The van der Waals surface area contributed by atoms with Crippen molar-refractivity contribution < 1.29 is 9.53 Å². The second-order valence-corrected chi connectivity index (χ2v) is 3.83. The second kappa shape index (κ2) is 5.62. The van der Waals surface area contributed by atoms with E-state index in [1.165, 1.54) is 0 Å². The Bertz CT molecular complexity index is 328. The van der Waals surface area contributed by atoms with E-state index in [0.717, 1.165) is 11.3 Å². The van der Waals surface area contributed by atoms with Gasteiger partial charge < -0.3 is 15.4 Å². The number of hydrogen-bond donors (Lipinski definition) is 1. The van der Waals surface area contributed by atoms with Crippen molar-refractivity contribution >= 4 is 22.4 Å². The van der Waals surface area contributed by atoms with Crippen LogP contribution in [0.3, 0.4) is 0 Å². The lowest BCUT2D eigenvalue weighted by Gasteiger charge is -2.18. The third-order valence-corrected chi connectivity index (χ3v) is 2.60. The number of hydrogen-bond acceptors (Lipinski definition) is 6. The molecule has 7 heteroatoms. The quantitative estimate of drug-likeness (QED) is 0.783. The maximum Gasteiger partial charge on any atom is 0.284 e. The average molecular weight is 230 g/mol. The summed E-state index contributed by atoms with van der Waals surface area (Å²) in [6, 6.07) is 0.